The van der Waals surface area contributed by atoms with Gasteiger partial charge in [-0.1, -0.05) is 0 Å². The van der Waals surface area contributed by atoms with Gasteiger partial charge in [-0.3, -0.25) is 0 Å². The standard InChI is InChI=1S/C15H27NOS2/c1-14(4-2-8-19-14)12-16-13-3-7-17-15(11-13)5-9-18-10-6-15/h13,16H,2-12H2,1H3. The van der Waals surface area contributed by atoms with Crippen molar-refractivity contribution in [2.24, 2.45) is 0 Å². The monoisotopic (exact) mass is 301 g/mol. The van der Waals surface area contributed by atoms with E-state index in [1.807, 2.05) is 0 Å². The lowest BCUT2D eigenvalue weighted by Gasteiger charge is -2.44. The quantitative estimate of drug-likeness (QED) is 0.863. The van der Waals surface area contributed by atoms with Crippen LogP contribution in [0.3, 0.4) is 0 Å². The number of rotatable bonds is 3. The maximum atomic E-state index is 6.18. The molecule has 3 aliphatic heterocycles. The number of nitrogens with one attached hydrogen (secondary N) is 1. The predicted octanol–water partition coefficient (Wildman–Crippen LogP) is 3.31. The molecule has 0 aliphatic carbocycles. The van der Waals surface area contributed by atoms with Crippen molar-refractivity contribution >= 4 is 23.5 Å². The lowest BCUT2D eigenvalue weighted by molar-refractivity contribution is -0.0932. The second-order valence-electron chi connectivity index (χ2n) is 6.62. The topological polar surface area (TPSA) is 21.3 Å². The van der Waals surface area contributed by atoms with Crippen LogP contribution in [0.25, 0.3) is 0 Å². The maximum absolute atomic E-state index is 6.18. The van der Waals surface area contributed by atoms with Gasteiger partial charge in [-0.05, 0) is 62.7 Å². The van der Waals surface area contributed by atoms with Gasteiger partial charge in [0, 0.05) is 23.9 Å². The minimum atomic E-state index is 0.227. The van der Waals surface area contributed by atoms with Crippen molar-refractivity contribution in [2.75, 3.05) is 30.4 Å². The van der Waals surface area contributed by atoms with E-state index in [-0.39, 0.29) is 5.60 Å². The highest BCUT2D eigenvalue weighted by atomic mass is 32.2. The molecule has 3 saturated heterocycles. The van der Waals surface area contributed by atoms with Gasteiger partial charge in [0.2, 0.25) is 0 Å². The predicted molar refractivity (Wildman–Crippen MR) is 86.4 cm³/mol. The highest BCUT2D eigenvalue weighted by Crippen LogP contribution is 2.39. The van der Waals surface area contributed by atoms with Crippen LogP contribution in [-0.2, 0) is 4.74 Å². The van der Waals surface area contributed by atoms with Gasteiger partial charge in [0.25, 0.3) is 0 Å². The van der Waals surface area contributed by atoms with Crippen LogP contribution < -0.4 is 5.32 Å². The molecule has 3 fully saturated rings. The van der Waals surface area contributed by atoms with E-state index in [1.54, 1.807) is 0 Å². The summed E-state index contributed by atoms with van der Waals surface area (Å²) in [6.07, 6.45) is 7.77. The molecule has 2 atom stereocenters. The molecular weight excluding hydrogens is 274 g/mol. The molecule has 0 bridgehead atoms. The molecule has 0 aromatic heterocycles. The minimum absolute atomic E-state index is 0.227. The van der Waals surface area contributed by atoms with E-state index in [9.17, 15) is 0 Å². The number of ether oxygens (including phenoxy) is 1. The first-order valence-corrected chi connectivity index (χ1v) is 9.93. The van der Waals surface area contributed by atoms with E-state index in [1.165, 1.54) is 62.3 Å². The van der Waals surface area contributed by atoms with Crippen molar-refractivity contribution in [2.45, 2.75) is 61.8 Å². The Labute approximate surface area is 126 Å². The Balaban J connectivity index is 1.50. The molecule has 3 aliphatic rings. The number of hydrogen-bond donors (Lipinski definition) is 1. The fraction of sp³-hybridized carbons (Fsp3) is 1.00. The van der Waals surface area contributed by atoms with Gasteiger partial charge in [0.05, 0.1) is 5.60 Å². The summed E-state index contributed by atoms with van der Waals surface area (Å²) < 4.78 is 6.67. The van der Waals surface area contributed by atoms with Crippen LogP contribution in [0, 0.1) is 0 Å². The zero-order valence-electron chi connectivity index (χ0n) is 12.1. The molecule has 2 unspecified atom stereocenters. The van der Waals surface area contributed by atoms with Crippen molar-refractivity contribution in [1.82, 2.24) is 5.32 Å². The van der Waals surface area contributed by atoms with E-state index >= 15 is 0 Å². The fourth-order valence-corrected chi connectivity index (χ4v) is 6.12. The van der Waals surface area contributed by atoms with Crippen molar-refractivity contribution in [3.8, 4) is 0 Å². The van der Waals surface area contributed by atoms with E-state index in [4.69, 9.17) is 4.74 Å². The second kappa shape index (κ2) is 6.17. The Morgan fingerprint density at radius 2 is 2.05 bits per heavy atom. The summed E-state index contributed by atoms with van der Waals surface area (Å²) >= 11 is 4.26. The molecule has 110 valence electrons. The average Bonchev–Trinajstić information content (AvgIpc) is 2.85. The summed E-state index contributed by atoms with van der Waals surface area (Å²) in [5.74, 6) is 3.94. The first kappa shape index (κ1) is 14.6. The Bertz CT molecular complexity index is 293. The van der Waals surface area contributed by atoms with Crippen molar-refractivity contribution in [3.63, 3.8) is 0 Å². The number of thioether (sulfide) groups is 2. The molecule has 3 heterocycles. The third-order valence-corrected chi connectivity index (χ3v) is 7.49. The molecule has 1 N–H and O–H groups in total. The van der Waals surface area contributed by atoms with Crippen molar-refractivity contribution in [1.29, 1.82) is 0 Å². The molecule has 0 amide bonds. The van der Waals surface area contributed by atoms with Crippen LogP contribution in [0.5, 0.6) is 0 Å². The molecule has 2 nitrogen and oxygen atoms in total. The summed E-state index contributed by atoms with van der Waals surface area (Å²) in [5, 5.41) is 3.87. The average molecular weight is 302 g/mol. The summed E-state index contributed by atoms with van der Waals surface area (Å²) in [6, 6.07) is 0.690. The zero-order chi connectivity index (χ0) is 13.2. The zero-order valence-corrected chi connectivity index (χ0v) is 13.7. The van der Waals surface area contributed by atoms with Crippen molar-refractivity contribution in [3.05, 3.63) is 0 Å². The van der Waals surface area contributed by atoms with Gasteiger partial charge >= 0.3 is 0 Å². The third-order valence-electron chi connectivity index (χ3n) is 4.96. The smallest absolute Gasteiger partial charge is 0.0713 e. The summed E-state index contributed by atoms with van der Waals surface area (Å²) in [7, 11) is 0. The number of hydrogen-bond acceptors (Lipinski definition) is 4. The lowest BCUT2D eigenvalue weighted by atomic mass is 9.85. The lowest BCUT2D eigenvalue weighted by Crippen LogP contribution is -2.50. The van der Waals surface area contributed by atoms with E-state index in [0.717, 1.165) is 6.61 Å². The minimum Gasteiger partial charge on any atom is -0.375 e. The molecule has 3 rings (SSSR count). The normalized spacial score (nSPS) is 38.7. The maximum Gasteiger partial charge on any atom is 0.0713 e. The van der Waals surface area contributed by atoms with Crippen LogP contribution in [-0.4, -0.2) is 46.8 Å². The summed E-state index contributed by atoms with van der Waals surface area (Å²) in [6.45, 7) is 4.59. The molecule has 1 spiro atoms. The van der Waals surface area contributed by atoms with Crippen molar-refractivity contribution < 1.29 is 4.74 Å². The van der Waals surface area contributed by atoms with Gasteiger partial charge in [0.15, 0.2) is 0 Å². The van der Waals surface area contributed by atoms with Crippen LogP contribution in [0.2, 0.25) is 0 Å². The highest BCUT2D eigenvalue weighted by molar-refractivity contribution is 8.00. The first-order chi connectivity index (χ1) is 9.20. The molecule has 0 aromatic carbocycles. The Morgan fingerprint density at radius 1 is 1.21 bits per heavy atom. The molecule has 0 saturated carbocycles. The highest BCUT2D eigenvalue weighted by Gasteiger charge is 2.39. The fourth-order valence-electron chi connectivity index (χ4n) is 3.63. The summed E-state index contributed by atoms with van der Waals surface area (Å²) in [4.78, 5) is 0. The van der Waals surface area contributed by atoms with Gasteiger partial charge < -0.3 is 10.1 Å². The van der Waals surface area contributed by atoms with Gasteiger partial charge in [0.1, 0.15) is 0 Å². The van der Waals surface area contributed by atoms with Crippen LogP contribution in [0.4, 0.5) is 0 Å². The van der Waals surface area contributed by atoms with Gasteiger partial charge in [-0.2, -0.15) is 23.5 Å². The molecule has 0 radical (unpaired) electrons. The van der Waals surface area contributed by atoms with Crippen LogP contribution in [0.15, 0.2) is 0 Å². The Kier molecular flexibility index (Phi) is 4.72. The van der Waals surface area contributed by atoms with Gasteiger partial charge in [-0.25, -0.2) is 0 Å². The SMILES string of the molecule is CC1(CNC2CCOC3(CCSCC3)C2)CCCS1. The largest absolute Gasteiger partial charge is 0.375 e. The van der Waals surface area contributed by atoms with E-state index < -0.39 is 0 Å². The van der Waals surface area contributed by atoms with Crippen LogP contribution >= 0.6 is 23.5 Å². The molecule has 19 heavy (non-hydrogen) atoms. The summed E-state index contributed by atoms with van der Waals surface area (Å²) in [5.41, 5.74) is 0.227. The second-order valence-corrected chi connectivity index (χ2v) is 9.52. The molecule has 0 aromatic rings. The van der Waals surface area contributed by atoms with Gasteiger partial charge in [-0.15, -0.1) is 0 Å². The molecule has 4 heteroatoms. The third kappa shape index (κ3) is 3.63. The Hall–Kier alpha value is 0.620. The van der Waals surface area contributed by atoms with Crippen LogP contribution in [0.1, 0.15) is 45.4 Å². The first-order valence-electron chi connectivity index (χ1n) is 7.79. The Morgan fingerprint density at radius 3 is 2.79 bits per heavy atom. The molecular formula is C15H27NOS2. The van der Waals surface area contributed by atoms with E-state index in [2.05, 4.69) is 35.8 Å². The van der Waals surface area contributed by atoms with E-state index in [0.29, 0.717) is 10.8 Å².